The van der Waals surface area contributed by atoms with Crippen LogP contribution in [0.3, 0.4) is 0 Å². The van der Waals surface area contributed by atoms with Gasteiger partial charge in [0, 0.05) is 26.6 Å². The fraction of sp³-hybridized carbons (Fsp3) is 0.117. The minimum absolute atomic E-state index is 0.0715. The summed E-state index contributed by atoms with van der Waals surface area (Å²) in [5.41, 5.74) is 7.57. The maximum Gasteiger partial charge on any atom is 0.573 e. The third-order valence-electron chi connectivity index (χ3n) is 12.1. The molecular formula is C60H40Br2F10N2O3. The van der Waals surface area contributed by atoms with Crippen molar-refractivity contribution < 1.29 is 58.2 Å². The Hall–Kier alpha value is -7.63. The van der Waals surface area contributed by atoms with Gasteiger partial charge in [0.2, 0.25) is 0 Å². The Balaban J connectivity index is 0.000000178. The predicted octanol–water partition coefficient (Wildman–Crippen LogP) is 18.4. The van der Waals surface area contributed by atoms with Crippen molar-refractivity contribution >= 4 is 55.6 Å². The smallest absolute Gasteiger partial charge is 0.406 e. The molecule has 2 unspecified atom stereocenters. The third-order valence-corrected chi connectivity index (χ3v) is 13.1. The summed E-state index contributed by atoms with van der Waals surface area (Å²) in [4.78, 5) is 19.3. The Labute approximate surface area is 452 Å². The highest BCUT2D eigenvalue weighted by atomic mass is 79.9. The summed E-state index contributed by atoms with van der Waals surface area (Å²) in [5, 5.41) is 0. The molecule has 392 valence electrons. The number of rotatable bonds is 10. The van der Waals surface area contributed by atoms with E-state index in [1.54, 1.807) is 36.4 Å². The van der Waals surface area contributed by atoms with Gasteiger partial charge in [-0.25, -0.2) is 17.6 Å². The fourth-order valence-corrected chi connectivity index (χ4v) is 8.98. The van der Waals surface area contributed by atoms with E-state index < -0.39 is 36.0 Å². The summed E-state index contributed by atoms with van der Waals surface area (Å²) in [6.07, 6.45) is -5.20. The molecule has 17 heteroatoms. The maximum absolute atomic E-state index is 14.7. The molecule has 0 amide bonds. The van der Waals surface area contributed by atoms with Gasteiger partial charge in [-0.05, 0) is 136 Å². The van der Waals surface area contributed by atoms with Crippen molar-refractivity contribution in [3.63, 3.8) is 0 Å². The highest BCUT2D eigenvalue weighted by Crippen LogP contribution is 2.39. The van der Waals surface area contributed by atoms with Crippen molar-refractivity contribution in [1.82, 2.24) is 0 Å². The predicted molar refractivity (Wildman–Crippen MR) is 284 cm³/mol. The van der Waals surface area contributed by atoms with Crippen LogP contribution in [0, 0.1) is 23.3 Å². The first-order chi connectivity index (χ1) is 36.8. The molecule has 0 N–H and O–H groups in total. The Kier molecular flexibility index (Phi) is 17.7. The molecule has 10 rings (SSSR count). The van der Waals surface area contributed by atoms with E-state index in [1.807, 2.05) is 91.0 Å². The molecular weight excluding hydrogens is 1150 g/mol. The van der Waals surface area contributed by atoms with Gasteiger partial charge in [-0.15, -0.1) is 26.3 Å². The summed E-state index contributed by atoms with van der Waals surface area (Å²) in [6, 6.07) is 47.7. The molecule has 0 spiro atoms. The average Bonchev–Trinajstić information content (AvgIpc) is 4.05. The van der Waals surface area contributed by atoms with Gasteiger partial charge >= 0.3 is 12.7 Å². The minimum Gasteiger partial charge on any atom is -0.406 e. The van der Waals surface area contributed by atoms with E-state index >= 15 is 0 Å². The van der Waals surface area contributed by atoms with Crippen molar-refractivity contribution in [3.05, 3.63) is 253 Å². The standard InChI is InChI=1S/C30H19BrF5NO.C23H16F5NO.C7H5BrO/c31-23-12-4-18(5-13-23)16-22-17-27(37-29(22)28-25(32)2-1-3-26(28)33)21-8-6-19(7-9-21)20-10-14-24(15-11-20)38-30(34,35)36;24-18-2-1-3-19(25)22(18)21-13-12-20(29-21)16-6-4-14(5-7-16)15-8-10-17(11-9-15)30-23(26,27)28;8-7-3-1-6(5-9)2-4-7/h1-16,27H,17H2;1-11,20H,12-13H2;1-5H. The molecule has 5 nitrogen and oxygen atoms in total. The number of aliphatic imine (C=N–C) groups is 2. The topological polar surface area (TPSA) is 60.3 Å². The molecule has 77 heavy (non-hydrogen) atoms. The second-order valence-electron chi connectivity index (χ2n) is 17.3. The van der Waals surface area contributed by atoms with Crippen molar-refractivity contribution in [2.24, 2.45) is 9.98 Å². The molecule has 2 atom stereocenters. The average molecular weight is 1190 g/mol. The Bertz CT molecular complexity index is 3380. The van der Waals surface area contributed by atoms with E-state index in [2.05, 4.69) is 46.3 Å². The van der Waals surface area contributed by atoms with Crippen LogP contribution in [0.5, 0.6) is 11.5 Å². The number of nitrogens with zero attached hydrogens (tertiary/aromatic N) is 2. The van der Waals surface area contributed by atoms with Gasteiger partial charge in [0.1, 0.15) is 41.1 Å². The van der Waals surface area contributed by atoms with Gasteiger partial charge in [0.25, 0.3) is 0 Å². The minimum atomic E-state index is -4.75. The number of aldehydes is 1. The Morgan fingerprint density at radius 2 is 0.857 bits per heavy atom. The summed E-state index contributed by atoms with van der Waals surface area (Å²) in [6.45, 7) is 0. The number of hydrogen-bond donors (Lipinski definition) is 0. The van der Waals surface area contributed by atoms with Crippen molar-refractivity contribution in [2.75, 3.05) is 0 Å². The molecule has 2 heterocycles. The molecule has 0 fully saturated rings. The molecule has 0 bridgehead atoms. The third kappa shape index (κ3) is 15.1. The van der Waals surface area contributed by atoms with Gasteiger partial charge in [0.05, 0.1) is 28.9 Å². The fourth-order valence-electron chi connectivity index (χ4n) is 8.45. The number of halogens is 12. The van der Waals surface area contributed by atoms with Crippen LogP contribution in [-0.4, -0.2) is 30.4 Å². The summed E-state index contributed by atoms with van der Waals surface area (Å²) in [7, 11) is 0. The number of carbonyl (C=O) groups excluding carboxylic acids is 1. The van der Waals surface area contributed by atoms with Crippen LogP contribution < -0.4 is 9.47 Å². The highest BCUT2D eigenvalue weighted by molar-refractivity contribution is 9.10. The van der Waals surface area contributed by atoms with E-state index in [0.717, 1.165) is 48.6 Å². The second-order valence-corrected chi connectivity index (χ2v) is 19.1. The quantitative estimate of drug-likeness (QED) is 0.101. The van der Waals surface area contributed by atoms with Gasteiger partial charge in [-0.3, -0.25) is 14.8 Å². The van der Waals surface area contributed by atoms with Crippen LogP contribution in [0.1, 0.15) is 69.5 Å². The van der Waals surface area contributed by atoms with Crippen LogP contribution in [-0.2, 0) is 0 Å². The number of alkyl halides is 6. The van der Waals surface area contributed by atoms with E-state index in [-0.39, 0.29) is 40.4 Å². The second kappa shape index (κ2) is 24.6. The van der Waals surface area contributed by atoms with Crippen molar-refractivity contribution in [2.45, 2.75) is 44.1 Å². The van der Waals surface area contributed by atoms with Crippen LogP contribution >= 0.6 is 31.9 Å². The number of benzene rings is 8. The van der Waals surface area contributed by atoms with Gasteiger partial charge in [-0.1, -0.05) is 141 Å². The SMILES string of the molecule is Fc1cccc(F)c1C1=NC(c2ccc(-c3ccc(OC(F)(F)F)cc3)cc2)CC1.Fc1cccc(F)c1C1=NC(c2ccc(-c3ccc(OC(F)(F)F)cc3)cc2)CC1=Cc1ccc(Br)cc1.O=Cc1ccc(Br)cc1. The van der Waals surface area contributed by atoms with Crippen molar-refractivity contribution in [3.8, 4) is 33.8 Å². The van der Waals surface area contributed by atoms with E-state index in [0.29, 0.717) is 41.7 Å². The normalized spacial score (nSPS) is 15.6. The Morgan fingerprint density at radius 3 is 1.27 bits per heavy atom. The lowest BCUT2D eigenvalue weighted by Gasteiger charge is -2.11. The lowest BCUT2D eigenvalue weighted by atomic mass is 9.95. The van der Waals surface area contributed by atoms with E-state index in [9.17, 15) is 48.7 Å². The van der Waals surface area contributed by atoms with Gasteiger partial charge in [0.15, 0.2) is 0 Å². The molecule has 2 aliphatic rings. The zero-order valence-corrected chi connectivity index (χ0v) is 43.1. The number of ether oxygens (including phenoxy) is 2. The first kappa shape index (κ1) is 55.6. The maximum atomic E-state index is 14.7. The number of carbonyl (C=O) groups is 1. The van der Waals surface area contributed by atoms with Crippen LogP contribution in [0.25, 0.3) is 28.3 Å². The Morgan fingerprint density at radius 1 is 0.468 bits per heavy atom. The zero-order valence-electron chi connectivity index (χ0n) is 39.9. The molecule has 8 aromatic carbocycles. The summed E-state index contributed by atoms with van der Waals surface area (Å²) in [5.74, 6) is -3.18. The monoisotopic (exact) mass is 1180 g/mol. The number of hydrogen-bond acceptors (Lipinski definition) is 5. The summed E-state index contributed by atoms with van der Waals surface area (Å²) < 4.78 is 141. The van der Waals surface area contributed by atoms with E-state index in [4.69, 9.17) is 4.99 Å². The van der Waals surface area contributed by atoms with Crippen LogP contribution in [0.4, 0.5) is 43.9 Å². The molecule has 0 saturated heterocycles. The van der Waals surface area contributed by atoms with Crippen LogP contribution in [0.2, 0.25) is 0 Å². The molecule has 0 radical (unpaired) electrons. The highest BCUT2D eigenvalue weighted by Gasteiger charge is 2.33. The first-order valence-electron chi connectivity index (χ1n) is 23.4. The molecule has 0 saturated carbocycles. The molecule has 2 aliphatic heterocycles. The van der Waals surface area contributed by atoms with E-state index in [1.165, 1.54) is 60.7 Å². The molecule has 8 aromatic rings. The van der Waals surface area contributed by atoms with Gasteiger partial charge < -0.3 is 9.47 Å². The molecule has 0 aliphatic carbocycles. The van der Waals surface area contributed by atoms with Gasteiger partial charge in [-0.2, -0.15) is 0 Å². The zero-order chi connectivity index (χ0) is 54.9. The summed E-state index contributed by atoms with van der Waals surface area (Å²) >= 11 is 6.67. The van der Waals surface area contributed by atoms with Crippen molar-refractivity contribution in [1.29, 1.82) is 0 Å². The lowest BCUT2D eigenvalue weighted by molar-refractivity contribution is -0.275. The first-order valence-corrected chi connectivity index (χ1v) is 25.0. The lowest BCUT2D eigenvalue weighted by Crippen LogP contribution is -2.16. The molecule has 0 aromatic heterocycles. The van der Waals surface area contributed by atoms with Crippen LogP contribution in [0.15, 0.2) is 206 Å². The largest absolute Gasteiger partial charge is 0.573 e.